The molecule has 0 spiro atoms. The Morgan fingerprint density at radius 1 is 1.24 bits per heavy atom. The van der Waals surface area contributed by atoms with E-state index in [9.17, 15) is 4.79 Å². The molecule has 0 aromatic heterocycles. The Morgan fingerprint density at radius 3 is 2.62 bits per heavy atom. The molecule has 1 aliphatic heterocycles. The van der Waals surface area contributed by atoms with Gasteiger partial charge in [0.05, 0.1) is 0 Å². The third-order valence-corrected chi connectivity index (χ3v) is 6.76. The van der Waals surface area contributed by atoms with Gasteiger partial charge in [-0.1, -0.05) is 0 Å². The average Bonchev–Trinajstić information content (AvgIpc) is 2.95. The summed E-state index contributed by atoms with van der Waals surface area (Å²) in [5, 5.41) is 0. The number of hydrogen-bond donors (Lipinski definition) is 0. The topological polar surface area (TPSA) is 29.5 Å². The predicted octanol–water partition coefficient (Wildman–Crippen LogP) is 2.61. The van der Waals surface area contributed by atoms with Gasteiger partial charge in [0.15, 0.2) is 0 Å². The number of carbonyl (C=O) groups is 1. The monoisotopic (exact) mass is 351 g/mol. The van der Waals surface area contributed by atoms with Crippen molar-refractivity contribution in [2.45, 2.75) is 37.2 Å². The van der Waals surface area contributed by atoms with Crippen molar-refractivity contribution in [3.8, 4) is 0 Å². The van der Waals surface area contributed by atoms with Gasteiger partial charge >= 0.3 is 132 Å². The van der Waals surface area contributed by atoms with Crippen LogP contribution in [-0.4, -0.2) is 44.1 Å². The van der Waals surface area contributed by atoms with Crippen LogP contribution in [0.5, 0.6) is 0 Å². The molecule has 3 rings (SSSR count). The van der Waals surface area contributed by atoms with E-state index in [-0.39, 0.29) is 12.1 Å². The van der Waals surface area contributed by atoms with Crippen LogP contribution in [0.1, 0.15) is 20.8 Å². The van der Waals surface area contributed by atoms with E-state index in [0.29, 0.717) is 25.7 Å². The zero-order valence-corrected chi connectivity index (χ0v) is 14.4. The van der Waals surface area contributed by atoms with Crippen molar-refractivity contribution in [1.29, 1.82) is 0 Å². The van der Waals surface area contributed by atoms with Gasteiger partial charge in [0, 0.05) is 0 Å². The summed E-state index contributed by atoms with van der Waals surface area (Å²) in [6.07, 6.45) is 4.29. The first-order valence-corrected chi connectivity index (χ1v) is 9.18. The number of benzene rings is 1. The first kappa shape index (κ1) is 14.7. The molecule has 1 aromatic rings. The van der Waals surface area contributed by atoms with Crippen LogP contribution in [0.2, 0.25) is 4.82 Å². The van der Waals surface area contributed by atoms with Gasteiger partial charge in [0.2, 0.25) is 0 Å². The molecule has 1 aliphatic carbocycles. The van der Waals surface area contributed by atoms with Gasteiger partial charge in [-0.25, -0.2) is 0 Å². The molecule has 1 heterocycles. The van der Waals surface area contributed by atoms with Crippen LogP contribution in [0.15, 0.2) is 42.5 Å². The molecule has 1 fully saturated rings. The van der Waals surface area contributed by atoms with Crippen LogP contribution < -0.4 is 4.46 Å². The third kappa shape index (κ3) is 3.17. The van der Waals surface area contributed by atoms with E-state index in [0.717, 1.165) is 6.54 Å². The van der Waals surface area contributed by atoms with E-state index >= 15 is 0 Å². The minimum atomic E-state index is -0.428. The van der Waals surface area contributed by atoms with Crippen LogP contribution in [-0.2, 0) is 4.74 Å². The molecular formula is C17H21NO2Se. The van der Waals surface area contributed by atoms with Crippen LogP contribution in [0.25, 0.3) is 0 Å². The van der Waals surface area contributed by atoms with Crippen molar-refractivity contribution in [2.24, 2.45) is 5.92 Å². The van der Waals surface area contributed by atoms with Crippen molar-refractivity contribution in [2.75, 3.05) is 6.54 Å². The van der Waals surface area contributed by atoms with Crippen molar-refractivity contribution >= 4 is 25.5 Å². The molecule has 2 aliphatic rings. The number of fused-ring (bicyclic) bond motifs is 2. The summed E-state index contributed by atoms with van der Waals surface area (Å²) in [6.45, 7) is 6.55. The molecule has 3 atom stereocenters. The maximum atomic E-state index is 12.3. The number of amides is 1. The van der Waals surface area contributed by atoms with Gasteiger partial charge in [-0.05, 0) is 0 Å². The number of ether oxygens (including phenoxy) is 1. The maximum absolute atomic E-state index is 12.3. The van der Waals surface area contributed by atoms with Crippen molar-refractivity contribution < 1.29 is 9.53 Å². The molecule has 0 saturated carbocycles. The third-order valence-electron chi connectivity index (χ3n) is 3.72. The normalized spacial score (nSPS) is 27.2. The summed E-state index contributed by atoms with van der Waals surface area (Å²) in [5.41, 5.74) is -0.428. The van der Waals surface area contributed by atoms with E-state index in [1.807, 2.05) is 31.7 Å². The van der Waals surface area contributed by atoms with E-state index < -0.39 is 5.60 Å². The van der Waals surface area contributed by atoms with Crippen LogP contribution in [0, 0.1) is 5.92 Å². The summed E-state index contributed by atoms with van der Waals surface area (Å²) in [6, 6.07) is 10.8. The minimum absolute atomic E-state index is 0.173. The Kier molecular flexibility index (Phi) is 3.85. The van der Waals surface area contributed by atoms with Crippen LogP contribution in [0.3, 0.4) is 0 Å². The molecule has 2 bridgehead atoms. The van der Waals surface area contributed by atoms with E-state index in [1.165, 1.54) is 4.46 Å². The predicted molar refractivity (Wildman–Crippen MR) is 84.9 cm³/mol. The standard InChI is InChI=1S/C17H21NO2Se/c1-17(2,3)20-16(19)18-11-12-9-10-14(18)15(12)21-13-7-5-4-6-8-13/h4-10,12,14-15H,11H2,1-3H3. The fraction of sp³-hybridized carbons (Fsp3) is 0.471. The van der Waals surface area contributed by atoms with Crippen molar-refractivity contribution in [3.05, 3.63) is 42.5 Å². The van der Waals surface area contributed by atoms with E-state index in [1.54, 1.807) is 0 Å². The molecule has 1 saturated heterocycles. The Bertz CT molecular complexity index is 550. The van der Waals surface area contributed by atoms with Gasteiger partial charge in [0.1, 0.15) is 0 Å². The molecule has 21 heavy (non-hydrogen) atoms. The van der Waals surface area contributed by atoms with Gasteiger partial charge in [-0.2, -0.15) is 0 Å². The molecule has 1 aromatic carbocycles. The number of carbonyl (C=O) groups excluding carboxylic acids is 1. The summed E-state index contributed by atoms with van der Waals surface area (Å²) >= 11 is 0.386. The number of nitrogens with zero attached hydrogens (tertiary/aromatic N) is 1. The molecular weight excluding hydrogens is 329 g/mol. The Balaban J connectivity index is 1.69. The Morgan fingerprint density at radius 2 is 1.95 bits per heavy atom. The fourth-order valence-electron chi connectivity index (χ4n) is 2.85. The first-order chi connectivity index (χ1) is 9.94. The molecule has 0 radical (unpaired) electrons. The summed E-state index contributed by atoms with van der Waals surface area (Å²) in [5.74, 6) is 0.489. The molecule has 3 nitrogen and oxygen atoms in total. The molecule has 1 amide bonds. The summed E-state index contributed by atoms with van der Waals surface area (Å²) < 4.78 is 6.94. The van der Waals surface area contributed by atoms with Crippen molar-refractivity contribution in [1.82, 2.24) is 4.90 Å². The Labute approximate surface area is 132 Å². The molecule has 3 unspecified atom stereocenters. The second-order valence-corrected chi connectivity index (χ2v) is 9.19. The van der Waals surface area contributed by atoms with Gasteiger partial charge < -0.3 is 0 Å². The van der Waals surface area contributed by atoms with Gasteiger partial charge in [-0.15, -0.1) is 0 Å². The average molecular weight is 350 g/mol. The zero-order valence-electron chi connectivity index (χ0n) is 12.7. The van der Waals surface area contributed by atoms with Crippen LogP contribution in [0.4, 0.5) is 4.79 Å². The quantitative estimate of drug-likeness (QED) is 0.606. The zero-order chi connectivity index (χ0) is 15.0. The van der Waals surface area contributed by atoms with E-state index in [2.05, 4.69) is 36.4 Å². The summed E-state index contributed by atoms with van der Waals surface area (Å²) in [7, 11) is 0. The van der Waals surface area contributed by atoms with E-state index in [4.69, 9.17) is 4.74 Å². The second kappa shape index (κ2) is 5.51. The number of likely N-dealkylation sites (tertiary alicyclic amines) is 1. The number of rotatable bonds is 2. The Hall–Kier alpha value is -1.25. The number of hydrogen-bond acceptors (Lipinski definition) is 2. The molecule has 0 N–H and O–H groups in total. The first-order valence-electron chi connectivity index (χ1n) is 7.34. The SMILES string of the molecule is CC(C)(C)OC(=O)N1CC2C=CC1C2[Se]c1ccccc1. The molecule has 112 valence electrons. The van der Waals surface area contributed by atoms with Crippen molar-refractivity contribution in [3.63, 3.8) is 0 Å². The second-order valence-electron chi connectivity index (χ2n) is 6.57. The molecule has 4 heteroatoms. The summed E-state index contributed by atoms with van der Waals surface area (Å²) in [4.78, 5) is 14.8. The van der Waals surface area contributed by atoms with Gasteiger partial charge in [0.25, 0.3) is 0 Å². The fourth-order valence-corrected chi connectivity index (χ4v) is 5.70. The van der Waals surface area contributed by atoms with Crippen LogP contribution >= 0.6 is 0 Å². The van der Waals surface area contributed by atoms with Gasteiger partial charge in [-0.3, -0.25) is 0 Å².